The van der Waals surface area contributed by atoms with E-state index in [4.69, 9.17) is 0 Å². The fourth-order valence-corrected chi connectivity index (χ4v) is 6.60. The number of hydrogen-bond acceptors (Lipinski definition) is 2. The number of carbonyl (C=O) groups is 1. The zero-order chi connectivity index (χ0) is 13.9. The van der Waals surface area contributed by atoms with Crippen molar-refractivity contribution in [2.24, 2.45) is 35.0 Å². The van der Waals surface area contributed by atoms with Crippen LogP contribution in [0.15, 0.2) is 0 Å². The van der Waals surface area contributed by atoms with E-state index in [1.807, 2.05) is 0 Å². The Morgan fingerprint density at radius 1 is 1.00 bits per heavy atom. The van der Waals surface area contributed by atoms with Crippen molar-refractivity contribution >= 4 is 5.78 Å². The molecule has 2 nitrogen and oxygen atoms in total. The Hall–Kier alpha value is -0.370. The van der Waals surface area contributed by atoms with Crippen LogP contribution >= 0.6 is 0 Å². The van der Waals surface area contributed by atoms with Gasteiger partial charge in [-0.3, -0.25) is 4.79 Å². The fraction of sp³-hybridized carbons (Fsp3) is 0.944. The van der Waals surface area contributed by atoms with Gasteiger partial charge in [0.15, 0.2) is 0 Å². The highest BCUT2D eigenvalue weighted by Crippen LogP contribution is 2.61. The van der Waals surface area contributed by atoms with Crippen LogP contribution in [0.4, 0.5) is 0 Å². The smallest absolute Gasteiger partial charge is 0.139 e. The molecule has 0 aliphatic heterocycles. The average Bonchev–Trinajstić information content (AvgIpc) is 2.74. The van der Waals surface area contributed by atoms with Crippen molar-refractivity contribution < 1.29 is 9.90 Å². The summed E-state index contributed by atoms with van der Waals surface area (Å²) in [6.45, 7) is 2.26. The van der Waals surface area contributed by atoms with Crippen molar-refractivity contribution in [3.05, 3.63) is 0 Å². The second kappa shape index (κ2) is 4.56. The molecule has 1 N–H and O–H groups in total. The Morgan fingerprint density at radius 2 is 1.80 bits per heavy atom. The Morgan fingerprint density at radius 3 is 2.65 bits per heavy atom. The van der Waals surface area contributed by atoms with Gasteiger partial charge in [0.2, 0.25) is 0 Å². The van der Waals surface area contributed by atoms with Crippen molar-refractivity contribution in [3.8, 4) is 0 Å². The van der Waals surface area contributed by atoms with E-state index in [0.29, 0.717) is 11.7 Å². The Balaban J connectivity index is 1.58. The highest BCUT2D eigenvalue weighted by molar-refractivity contribution is 5.87. The molecule has 2 heteroatoms. The van der Waals surface area contributed by atoms with E-state index in [-0.39, 0.29) is 11.5 Å². The molecule has 0 heterocycles. The number of aliphatic hydroxyl groups is 1. The Labute approximate surface area is 122 Å². The number of carbonyl (C=O) groups excluding carboxylic acids is 1. The molecule has 0 spiro atoms. The minimum atomic E-state index is -0.0327. The largest absolute Gasteiger partial charge is 0.393 e. The summed E-state index contributed by atoms with van der Waals surface area (Å²) in [5.74, 6) is 4.56. The number of Topliss-reactive ketones (excluding diaryl/α,β-unsaturated/α-hetero) is 1. The predicted molar refractivity (Wildman–Crippen MR) is 78.1 cm³/mol. The monoisotopic (exact) mass is 276 g/mol. The maximum atomic E-state index is 12.3. The SMILES string of the molecule is C[C@]12CC[C@H]3[C@@H](CCC4C[C@@H](O)CC[C@@H]43)[C@@H]1CCC2=O. The van der Waals surface area contributed by atoms with E-state index >= 15 is 0 Å². The molecule has 0 amide bonds. The molecule has 0 radical (unpaired) electrons. The van der Waals surface area contributed by atoms with E-state index in [1.165, 1.54) is 25.7 Å². The zero-order valence-electron chi connectivity index (χ0n) is 12.7. The molecule has 0 bridgehead atoms. The number of aliphatic hydroxyl groups excluding tert-OH is 1. The third-order valence-corrected chi connectivity index (χ3v) is 7.64. The molecule has 20 heavy (non-hydrogen) atoms. The molecular weight excluding hydrogens is 248 g/mol. The van der Waals surface area contributed by atoms with Gasteiger partial charge in [0, 0.05) is 11.8 Å². The lowest BCUT2D eigenvalue weighted by Gasteiger charge is -2.54. The summed E-state index contributed by atoms with van der Waals surface area (Å²) in [6, 6.07) is 0. The Kier molecular flexibility index (Phi) is 3.03. The summed E-state index contributed by atoms with van der Waals surface area (Å²) < 4.78 is 0. The van der Waals surface area contributed by atoms with Crippen molar-refractivity contribution in [1.29, 1.82) is 0 Å². The average molecular weight is 276 g/mol. The molecule has 4 saturated carbocycles. The first-order valence-corrected chi connectivity index (χ1v) is 8.81. The van der Waals surface area contributed by atoms with Gasteiger partial charge >= 0.3 is 0 Å². The van der Waals surface area contributed by atoms with Crippen LogP contribution < -0.4 is 0 Å². The van der Waals surface area contributed by atoms with Crippen molar-refractivity contribution in [1.82, 2.24) is 0 Å². The topological polar surface area (TPSA) is 37.3 Å². The first-order valence-electron chi connectivity index (χ1n) is 8.81. The first kappa shape index (κ1) is 13.3. The molecule has 112 valence electrons. The quantitative estimate of drug-likeness (QED) is 0.734. The summed E-state index contributed by atoms with van der Waals surface area (Å²) in [4.78, 5) is 12.3. The van der Waals surface area contributed by atoms with Gasteiger partial charge in [-0.15, -0.1) is 0 Å². The Bertz CT molecular complexity index is 418. The van der Waals surface area contributed by atoms with E-state index in [9.17, 15) is 9.90 Å². The second-order valence-electron chi connectivity index (χ2n) is 8.32. The van der Waals surface area contributed by atoms with Crippen LogP contribution in [-0.2, 0) is 4.79 Å². The lowest BCUT2D eigenvalue weighted by Crippen LogP contribution is -2.49. The molecule has 0 saturated heterocycles. The van der Waals surface area contributed by atoms with Crippen LogP contribution in [0, 0.1) is 35.0 Å². The van der Waals surface area contributed by atoms with Crippen molar-refractivity contribution in [3.63, 3.8) is 0 Å². The predicted octanol–water partition coefficient (Wildman–Crippen LogP) is 3.57. The molecule has 0 aromatic rings. The maximum absolute atomic E-state index is 12.3. The van der Waals surface area contributed by atoms with E-state index in [0.717, 1.165) is 55.8 Å². The summed E-state index contributed by atoms with van der Waals surface area (Å²) in [5.41, 5.74) is 0.0299. The van der Waals surface area contributed by atoms with Gasteiger partial charge in [-0.05, 0) is 81.0 Å². The maximum Gasteiger partial charge on any atom is 0.139 e. The molecule has 1 unspecified atom stereocenters. The van der Waals surface area contributed by atoms with Crippen LogP contribution in [0.2, 0.25) is 0 Å². The van der Waals surface area contributed by atoms with Gasteiger partial charge < -0.3 is 5.11 Å². The van der Waals surface area contributed by atoms with E-state index < -0.39 is 0 Å². The highest BCUT2D eigenvalue weighted by Gasteiger charge is 2.56. The normalized spacial score (nSPS) is 55.0. The van der Waals surface area contributed by atoms with Crippen LogP contribution in [0.25, 0.3) is 0 Å². The van der Waals surface area contributed by atoms with Crippen LogP contribution in [0.3, 0.4) is 0 Å². The van der Waals surface area contributed by atoms with Gasteiger partial charge in [0.1, 0.15) is 5.78 Å². The summed E-state index contributed by atoms with van der Waals surface area (Å²) in [7, 11) is 0. The third kappa shape index (κ3) is 1.76. The molecule has 0 aromatic heterocycles. The highest BCUT2D eigenvalue weighted by atomic mass is 16.3. The van der Waals surface area contributed by atoms with Crippen molar-refractivity contribution in [2.75, 3.05) is 0 Å². The van der Waals surface area contributed by atoms with E-state index in [1.54, 1.807) is 0 Å². The lowest BCUT2D eigenvalue weighted by molar-refractivity contribution is -0.133. The molecule has 4 fully saturated rings. The molecule has 4 rings (SSSR count). The van der Waals surface area contributed by atoms with Crippen LogP contribution in [0.5, 0.6) is 0 Å². The molecule has 4 aliphatic rings. The number of hydrogen-bond donors (Lipinski definition) is 1. The van der Waals surface area contributed by atoms with Crippen LogP contribution in [0.1, 0.15) is 64.7 Å². The second-order valence-corrected chi connectivity index (χ2v) is 8.32. The molecule has 7 atom stereocenters. The van der Waals surface area contributed by atoms with Gasteiger partial charge in [-0.1, -0.05) is 6.92 Å². The number of fused-ring (bicyclic) bond motifs is 5. The third-order valence-electron chi connectivity index (χ3n) is 7.64. The lowest BCUT2D eigenvalue weighted by atomic mass is 9.50. The number of ketones is 1. The molecule has 4 aliphatic carbocycles. The van der Waals surface area contributed by atoms with Gasteiger partial charge in [-0.2, -0.15) is 0 Å². The summed E-state index contributed by atoms with van der Waals surface area (Å²) >= 11 is 0. The zero-order valence-corrected chi connectivity index (χ0v) is 12.7. The summed E-state index contributed by atoms with van der Waals surface area (Å²) in [6.07, 6.45) is 10.3. The van der Waals surface area contributed by atoms with Gasteiger partial charge in [-0.25, -0.2) is 0 Å². The number of rotatable bonds is 0. The minimum Gasteiger partial charge on any atom is -0.393 e. The van der Waals surface area contributed by atoms with E-state index in [2.05, 4.69) is 6.92 Å². The van der Waals surface area contributed by atoms with Gasteiger partial charge in [0.25, 0.3) is 0 Å². The summed E-state index contributed by atoms with van der Waals surface area (Å²) in [5, 5.41) is 9.93. The first-order chi connectivity index (χ1) is 9.59. The standard InChI is InChI=1S/C18H28O2/c1-18-9-8-14-13-5-3-12(19)10-11(13)2-4-15(14)16(18)6-7-17(18)20/h11-16,19H,2-10H2,1H3/t11?,12-,13-,14+,15+,16-,18-/m0/s1. The van der Waals surface area contributed by atoms with Crippen molar-refractivity contribution in [2.45, 2.75) is 70.8 Å². The fourth-order valence-electron chi connectivity index (χ4n) is 6.60. The van der Waals surface area contributed by atoms with Gasteiger partial charge in [0.05, 0.1) is 6.10 Å². The van der Waals surface area contributed by atoms with Crippen LogP contribution in [-0.4, -0.2) is 17.0 Å². The molecule has 0 aromatic carbocycles. The molecular formula is C18H28O2. The minimum absolute atomic E-state index is 0.0299.